The molecular formula is C22H31NO3. The van der Waals surface area contributed by atoms with Crippen LogP contribution in [-0.4, -0.2) is 49.5 Å². The third-order valence-corrected chi connectivity index (χ3v) is 4.24. The Hall–Kier alpha value is -1.72. The van der Waals surface area contributed by atoms with Crippen LogP contribution in [0.4, 0.5) is 0 Å². The highest BCUT2D eigenvalue weighted by Gasteiger charge is 2.13. The van der Waals surface area contributed by atoms with Crippen molar-refractivity contribution in [2.75, 3.05) is 33.4 Å². The molecule has 1 unspecified atom stereocenters. The van der Waals surface area contributed by atoms with Gasteiger partial charge in [0.25, 0.3) is 0 Å². The average molecular weight is 357 g/mol. The summed E-state index contributed by atoms with van der Waals surface area (Å²) in [5.74, 6) is 0. The second-order valence-corrected chi connectivity index (χ2v) is 6.72. The van der Waals surface area contributed by atoms with Crippen LogP contribution in [0.15, 0.2) is 54.6 Å². The molecule has 0 heterocycles. The number of aliphatic hydroxyl groups excluding tert-OH is 1. The van der Waals surface area contributed by atoms with Gasteiger partial charge in [-0.15, -0.1) is 0 Å². The summed E-state index contributed by atoms with van der Waals surface area (Å²) in [7, 11) is 1.72. The summed E-state index contributed by atoms with van der Waals surface area (Å²) in [5.41, 5.74) is 3.63. The maximum absolute atomic E-state index is 10.4. The van der Waals surface area contributed by atoms with Gasteiger partial charge in [-0.25, -0.2) is 0 Å². The highest BCUT2D eigenvalue weighted by Crippen LogP contribution is 2.09. The van der Waals surface area contributed by atoms with E-state index in [1.54, 1.807) is 7.11 Å². The van der Waals surface area contributed by atoms with E-state index in [4.69, 9.17) is 9.47 Å². The zero-order valence-corrected chi connectivity index (χ0v) is 15.9. The van der Waals surface area contributed by atoms with E-state index in [2.05, 4.69) is 36.1 Å². The SMILES string of the molecule is COCCCN(Cc1ccc(C)cc1)CC(O)COCc1ccccc1. The Morgan fingerprint density at radius 3 is 2.42 bits per heavy atom. The molecule has 2 rings (SSSR count). The molecule has 0 saturated heterocycles. The van der Waals surface area contributed by atoms with Crippen molar-refractivity contribution in [2.24, 2.45) is 0 Å². The molecular weight excluding hydrogens is 326 g/mol. The maximum Gasteiger partial charge on any atom is 0.0900 e. The van der Waals surface area contributed by atoms with E-state index < -0.39 is 6.10 Å². The number of nitrogens with zero attached hydrogens (tertiary/aromatic N) is 1. The van der Waals surface area contributed by atoms with E-state index in [0.717, 1.165) is 31.7 Å². The number of ether oxygens (including phenoxy) is 2. The van der Waals surface area contributed by atoms with Gasteiger partial charge < -0.3 is 14.6 Å². The monoisotopic (exact) mass is 357 g/mol. The van der Waals surface area contributed by atoms with Crippen LogP contribution < -0.4 is 0 Å². The minimum atomic E-state index is -0.508. The van der Waals surface area contributed by atoms with Crippen molar-refractivity contribution in [1.82, 2.24) is 4.90 Å². The van der Waals surface area contributed by atoms with Crippen molar-refractivity contribution < 1.29 is 14.6 Å². The quantitative estimate of drug-likeness (QED) is 0.591. The number of hydrogen-bond acceptors (Lipinski definition) is 4. The first-order valence-electron chi connectivity index (χ1n) is 9.24. The Labute approximate surface area is 157 Å². The first kappa shape index (κ1) is 20.6. The summed E-state index contributed by atoms with van der Waals surface area (Å²) in [6, 6.07) is 18.6. The molecule has 1 atom stereocenters. The van der Waals surface area contributed by atoms with Crippen molar-refractivity contribution in [2.45, 2.75) is 32.6 Å². The molecule has 0 fully saturated rings. The average Bonchev–Trinajstić information content (AvgIpc) is 2.64. The van der Waals surface area contributed by atoms with Gasteiger partial charge in [-0.2, -0.15) is 0 Å². The van der Waals surface area contributed by atoms with Gasteiger partial charge in [0, 0.05) is 33.4 Å². The first-order chi connectivity index (χ1) is 12.7. The predicted molar refractivity (Wildman–Crippen MR) is 105 cm³/mol. The van der Waals surface area contributed by atoms with Gasteiger partial charge in [-0.05, 0) is 24.5 Å². The van der Waals surface area contributed by atoms with E-state index in [1.807, 2.05) is 30.3 Å². The molecule has 0 aliphatic heterocycles. The fraction of sp³-hybridized carbons (Fsp3) is 0.455. The van der Waals surface area contributed by atoms with Crippen molar-refractivity contribution in [3.05, 3.63) is 71.3 Å². The second-order valence-electron chi connectivity index (χ2n) is 6.72. The largest absolute Gasteiger partial charge is 0.389 e. The molecule has 0 amide bonds. The molecule has 2 aromatic rings. The minimum absolute atomic E-state index is 0.337. The lowest BCUT2D eigenvalue weighted by Crippen LogP contribution is -2.35. The topological polar surface area (TPSA) is 41.9 Å². The Bertz CT molecular complexity index is 601. The fourth-order valence-electron chi connectivity index (χ4n) is 2.86. The molecule has 142 valence electrons. The molecule has 0 aliphatic rings. The van der Waals surface area contributed by atoms with Crippen LogP contribution in [0.1, 0.15) is 23.1 Å². The van der Waals surface area contributed by atoms with Gasteiger partial charge in [-0.3, -0.25) is 4.90 Å². The molecule has 0 bridgehead atoms. The summed E-state index contributed by atoms with van der Waals surface area (Å²) in [6.07, 6.45) is 0.437. The molecule has 0 radical (unpaired) electrons. The van der Waals surface area contributed by atoms with Crippen molar-refractivity contribution in [1.29, 1.82) is 0 Å². The number of aryl methyl sites for hydroxylation is 1. The molecule has 0 saturated carbocycles. The van der Waals surface area contributed by atoms with Gasteiger partial charge in [0.05, 0.1) is 19.3 Å². The first-order valence-corrected chi connectivity index (χ1v) is 9.24. The van der Waals surface area contributed by atoms with Gasteiger partial charge in [0.15, 0.2) is 0 Å². The van der Waals surface area contributed by atoms with Crippen LogP contribution >= 0.6 is 0 Å². The molecule has 0 aromatic heterocycles. The smallest absolute Gasteiger partial charge is 0.0900 e. The predicted octanol–water partition coefficient (Wildman–Crippen LogP) is 3.41. The molecule has 2 aromatic carbocycles. The molecule has 0 spiro atoms. The molecule has 4 heteroatoms. The van der Waals surface area contributed by atoms with Crippen LogP contribution in [0.25, 0.3) is 0 Å². The van der Waals surface area contributed by atoms with Crippen molar-refractivity contribution in [3.8, 4) is 0 Å². The van der Waals surface area contributed by atoms with E-state index in [-0.39, 0.29) is 0 Å². The van der Waals surface area contributed by atoms with Crippen LogP contribution in [0, 0.1) is 6.92 Å². The van der Waals surface area contributed by atoms with Gasteiger partial charge in [-0.1, -0.05) is 60.2 Å². The Morgan fingerprint density at radius 2 is 1.73 bits per heavy atom. The summed E-state index contributed by atoms with van der Waals surface area (Å²) >= 11 is 0. The minimum Gasteiger partial charge on any atom is -0.389 e. The zero-order chi connectivity index (χ0) is 18.6. The second kappa shape index (κ2) is 11.8. The van der Waals surface area contributed by atoms with Crippen LogP contribution in [0.3, 0.4) is 0 Å². The van der Waals surface area contributed by atoms with E-state index in [9.17, 15) is 5.11 Å². The van der Waals surface area contributed by atoms with Crippen LogP contribution in [0.2, 0.25) is 0 Å². The van der Waals surface area contributed by atoms with Crippen LogP contribution in [0.5, 0.6) is 0 Å². The maximum atomic E-state index is 10.4. The highest BCUT2D eigenvalue weighted by molar-refractivity contribution is 5.21. The van der Waals surface area contributed by atoms with Crippen molar-refractivity contribution in [3.63, 3.8) is 0 Å². The lowest BCUT2D eigenvalue weighted by Gasteiger charge is -2.25. The third-order valence-electron chi connectivity index (χ3n) is 4.24. The normalized spacial score (nSPS) is 12.5. The van der Waals surface area contributed by atoms with E-state index in [1.165, 1.54) is 11.1 Å². The number of aliphatic hydroxyl groups is 1. The van der Waals surface area contributed by atoms with Gasteiger partial charge in [0.2, 0.25) is 0 Å². The standard InChI is InChI=1S/C22H31NO3/c1-19-9-11-20(12-10-19)15-23(13-6-14-25-2)16-22(24)18-26-17-21-7-4-3-5-8-21/h3-5,7-12,22,24H,6,13-18H2,1-2H3. The summed E-state index contributed by atoms with van der Waals surface area (Å²) in [4.78, 5) is 2.26. The summed E-state index contributed by atoms with van der Waals surface area (Å²) < 4.78 is 10.8. The Kier molecular flexibility index (Phi) is 9.35. The fourth-order valence-corrected chi connectivity index (χ4v) is 2.86. The number of methoxy groups -OCH3 is 1. The van der Waals surface area contributed by atoms with Gasteiger partial charge >= 0.3 is 0 Å². The summed E-state index contributed by atoms with van der Waals surface area (Å²) in [5, 5.41) is 10.4. The summed E-state index contributed by atoms with van der Waals surface area (Å²) in [6.45, 7) is 5.98. The molecule has 4 nitrogen and oxygen atoms in total. The Balaban J connectivity index is 1.80. The third kappa shape index (κ3) is 8.11. The Morgan fingerprint density at radius 1 is 1.00 bits per heavy atom. The molecule has 26 heavy (non-hydrogen) atoms. The van der Waals surface area contributed by atoms with Crippen LogP contribution in [-0.2, 0) is 22.6 Å². The van der Waals surface area contributed by atoms with Crippen molar-refractivity contribution >= 4 is 0 Å². The lowest BCUT2D eigenvalue weighted by atomic mass is 10.1. The number of benzene rings is 2. The number of rotatable bonds is 12. The van der Waals surface area contributed by atoms with E-state index >= 15 is 0 Å². The number of hydrogen-bond donors (Lipinski definition) is 1. The van der Waals surface area contributed by atoms with Gasteiger partial charge in [0.1, 0.15) is 0 Å². The lowest BCUT2D eigenvalue weighted by molar-refractivity contribution is 0.00738. The zero-order valence-electron chi connectivity index (χ0n) is 15.9. The van der Waals surface area contributed by atoms with E-state index in [0.29, 0.717) is 19.8 Å². The molecule has 0 aliphatic carbocycles. The molecule has 1 N–H and O–H groups in total. The highest BCUT2D eigenvalue weighted by atomic mass is 16.5.